The van der Waals surface area contributed by atoms with Gasteiger partial charge >= 0.3 is 30.8 Å². The molecule has 0 N–H and O–H groups in total. The molecule has 0 aliphatic heterocycles. The van der Waals surface area contributed by atoms with Gasteiger partial charge in [0, 0.05) is 26.4 Å². The molecule has 0 saturated carbocycles. The standard InChI is InChI=1S/C8H20O4Si.4C4H9O.Ti/c1-5-9-13(10-6-2,11-7-3)12-8-4;4*1-4(2)3-5;/h5-8H2,1-4H3;4*4H,3H2,1-2H3;/q;4*-1;+4. The Kier molecular flexibility index (Phi) is 53.6. The first-order valence-electron chi connectivity index (χ1n) is 12.2. The molecule has 0 aromatic carbocycles. The van der Waals surface area contributed by atoms with E-state index in [-0.39, 0.29) is 48.1 Å². The van der Waals surface area contributed by atoms with Crippen molar-refractivity contribution < 1.29 is 59.8 Å². The van der Waals surface area contributed by atoms with Crippen molar-refractivity contribution in [1.82, 2.24) is 0 Å². The van der Waals surface area contributed by atoms with E-state index in [1.165, 1.54) is 0 Å². The zero-order chi connectivity index (χ0) is 27.3. The van der Waals surface area contributed by atoms with Gasteiger partial charge in [-0.2, -0.15) is 0 Å². The first-order chi connectivity index (χ1) is 15.3. The van der Waals surface area contributed by atoms with Crippen LogP contribution in [0.1, 0.15) is 83.1 Å². The summed E-state index contributed by atoms with van der Waals surface area (Å²) >= 11 is 0. The van der Waals surface area contributed by atoms with Crippen LogP contribution in [0.2, 0.25) is 0 Å². The van der Waals surface area contributed by atoms with E-state index in [1.807, 2.05) is 83.1 Å². The monoisotopic (exact) mass is 548 g/mol. The maximum absolute atomic E-state index is 9.63. The van der Waals surface area contributed by atoms with Crippen LogP contribution in [0.15, 0.2) is 0 Å². The van der Waals surface area contributed by atoms with Crippen molar-refractivity contribution in [2.75, 3.05) is 52.9 Å². The van der Waals surface area contributed by atoms with Gasteiger partial charge in [-0.15, -0.1) is 26.4 Å². The average molecular weight is 549 g/mol. The van der Waals surface area contributed by atoms with Crippen LogP contribution in [0.25, 0.3) is 0 Å². The summed E-state index contributed by atoms with van der Waals surface area (Å²) in [5, 5.41) is 38.5. The molecule has 10 heteroatoms. The average Bonchev–Trinajstić information content (AvgIpc) is 2.76. The van der Waals surface area contributed by atoms with Crippen LogP contribution in [0.4, 0.5) is 0 Å². The summed E-state index contributed by atoms with van der Waals surface area (Å²) < 4.78 is 21.7. The van der Waals surface area contributed by atoms with E-state index in [0.717, 1.165) is 0 Å². The summed E-state index contributed by atoms with van der Waals surface area (Å²) in [5.74, 6) is 1.31. The molecule has 0 rings (SSSR count). The van der Waals surface area contributed by atoms with Gasteiger partial charge in [0.1, 0.15) is 0 Å². The summed E-state index contributed by atoms with van der Waals surface area (Å²) in [7, 11) is -2.80. The minimum absolute atomic E-state index is 0. The molecule has 208 valence electrons. The summed E-state index contributed by atoms with van der Waals surface area (Å²) in [6, 6.07) is 0. The Morgan fingerprint density at radius 1 is 0.441 bits per heavy atom. The molecule has 0 aliphatic rings. The van der Waals surface area contributed by atoms with Crippen LogP contribution < -0.4 is 20.4 Å². The van der Waals surface area contributed by atoms with Crippen LogP contribution in [-0.4, -0.2) is 61.9 Å². The topological polar surface area (TPSA) is 129 Å². The SMILES string of the molecule is CC(C)C[O-].CC(C)C[O-].CC(C)C[O-].CC(C)C[O-].CCO[Si](OCC)(OCC)OCC.[Ti+4]. The Hall–Kier alpha value is 0.611. The molecule has 0 aromatic rings. The van der Waals surface area contributed by atoms with Crippen molar-refractivity contribution in [1.29, 1.82) is 0 Å². The van der Waals surface area contributed by atoms with Crippen LogP contribution >= 0.6 is 0 Å². The molecule has 0 saturated heterocycles. The third kappa shape index (κ3) is 53.8. The fourth-order valence-corrected chi connectivity index (χ4v) is 2.87. The Labute approximate surface area is 228 Å². The summed E-state index contributed by atoms with van der Waals surface area (Å²) in [4.78, 5) is 0. The largest absolute Gasteiger partial charge is 4.00 e. The van der Waals surface area contributed by atoms with Gasteiger partial charge in [-0.1, -0.05) is 79.1 Å². The maximum Gasteiger partial charge on any atom is 4.00 e. The zero-order valence-corrected chi connectivity index (χ0v) is 26.8. The number of rotatable bonds is 12. The van der Waals surface area contributed by atoms with Crippen molar-refractivity contribution >= 4 is 9.05 Å². The smallest absolute Gasteiger partial charge is 0.854 e. The number of hydrogen-bond acceptors (Lipinski definition) is 8. The molecule has 0 spiro atoms. The van der Waals surface area contributed by atoms with Crippen LogP contribution in [0.3, 0.4) is 0 Å². The molecule has 34 heavy (non-hydrogen) atoms. The molecule has 8 nitrogen and oxygen atoms in total. The van der Waals surface area contributed by atoms with Gasteiger partial charge in [-0.25, -0.2) is 0 Å². The van der Waals surface area contributed by atoms with Crippen molar-refractivity contribution in [2.24, 2.45) is 23.7 Å². The van der Waals surface area contributed by atoms with E-state index in [4.69, 9.17) is 17.7 Å². The molecule has 0 bridgehead atoms. The molecule has 0 fully saturated rings. The predicted octanol–water partition coefficient (Wildman–Crippen LogP) is 1.58. The van der Waals surface area contributed by atoms with Gasteiger partial charge < -0.3 is 38.1 Å². The Bertz CT molecular complexity index is 262. The first-order valence-corrected chi connectivity index (χ1v) is 13.8. The zero-order valence-electron chi connectivity index (χ0n) is 24.2. The molecule has 0 atom stereocenters. The first kappa shape index (κ1) is 47.8. The Morgan fingerprint density at radius 2 is 0.559 bits per heavy atom. The minimum atomic E-state index is -2.80. The molecular formula is C24H56O8SiTi. The molecular weight excluding hydrogens is 492 g/mol. The summed E-state index contributed by atoms with van der Waals surface area (Å²) in [6.07, 6.45) is 0. The van der Waals surface area contributed by atoms with E-state index in [9.17, 15) is 20.4 Å². The predicted molar refractivity (Wildman–Crippen MR) is 131 cm³/mol. The normalized spacial score (nSPS) is 10.2. The summed E-state index contributed by atoms with van der Waals surface area (Å²) in [5.41, 5.74) is 0. The molecule has 0 unspecified atom stereocenters. The van der Waals surface area contributed by atoms with Gasteiger partial charge in [0.05, 0.1) is 0 Å². The van der Waals surface area contributed by atoms with Gasteiger partial charge in [-0.3, -0.25) is 0 Å². The third-order valence-corrected chi connectivity index (χ3v) is 5.19. The number of hydrogen-bond donors (Lipinski definition) is 0. The van der Waals surface area contributed by atoms with Crippen molar-refractivity contribution in [2.45, 2.75) is 83.1 Å². The maximum atomic E-state index is 9.63. The van der Waals surface area contributed by atoms with Gasteiger partial charge in [-0.05, 0) is 27.7 Å². The van der Waals surface area contributed by atoms with Crippen LogP contribution in [0, 0.1) is 23.7 Å². The quantitative estimate of drug-likeness (QED) is 0.336. The van der Waals surface area contributed by atoms with Crippen molar-refractivity contribution in [3.8, 4) is 0 Å². The molecule has 0 radical (unpaired) electrons. The van der Waals surface area contributed by atoms with Crippen molar-refractivity contribution in [3.63, 3.8) is 0 Å². The second-order valence-corrected chi connectivity index (χ2v) is 10.6. The molecule has 0 amide bonds. The Morgan fingerprint density at radius 3 is 0.618 bits per heavy atom. The summed E-state index contributed by atoms with van der Waals surface area (Å²) in [6.45, 7) is 25.3. The van der Waals surface area contributed by atoms with E-state index < -0.39 is 9.05 Å². The van der Waals surface area contributed by atoms with E-state index in [0.29, 0.717) is 50.1 Å². The second kappa shape index (κ2) is 38.1. The molecule has 0 heterocycles. The van der Waals surface area contributed by atoms with E-state index >= 15 is 0 Å². The van der Waals surface area contributed by atoms with E-state index in [1.54, 1.807) is 0 Å². The van der Waals surface area contributed by atoms with Crippen LogP contribution in [0.5, 0.6) is 0 Å². The van der Waals surface area contributed by atoms with Crippen molar-refractivity contribution in [3.05, 3.63) is 0 Å². The van der Waals surface area contributed by atoms with Gasteiger partial charge in [0.25, 0.3) is 0 Å². The minimum Gasteiger partial charge on any atom is -0.854 e. The van der Waals surface area contributed by atoms with Gasteiger partial charge in [0.15, 0.2) is 0 Å². The second-order valence-electron chi connectivity index (χ2n) is 8.47. The molecule has 0 aromatic heterocycles. The van der Waals surface area contributed by atoms with E-state index in [2.05, 4.69) is 0 Å². The molecule has 0 aliphatic carbocycles. The van der Waals surface area contributed by atoms with Crippen LogP contribution in [-0.2, 0) is 39.4 Å². The Balaban J connectivity index is -0.0000000786. The van der Waals surface area contributed by atoms with Gasteiger partial charge in [0.2, 0.25) is 0 Å². The fraction of sp³-hybridized carbons (Fsp3) is 1.00. The fourth-order valence-electron chi connectivity index (χ4n) is 0.957. The third-order valence-electron chi connectivity index (χ3n) is 2.62.